The first-order chi connectivity index (χ1) is 19.4. The summed E-state index contributed by atoms with van der Waals surface area (Å²) < 4.78 is 0. The Kier molecular flexibility index (Phi) is 20.8. The summed E-state index contributed by atoms with van der Waals surface area (Å²) in [7, 11) is 0. The van der Waals surface area contributed by atoms with E-state index in [1.807, 2.05) is 12.1 Å². The Morgan fingerprint density at radius 3 is 1.29 bits per heavy atom. The molecule has 0 aromatic heterocycles. The van der Waals surface area contributed by atoms with Gasteiger partial charge >= 0.3 is 64.7 Å². The molecule has 0 aliphatic rings. The normalized spacial score (nSPS) is 11.9. The number of unbranched alkanes of at least 4 members (excludes halogenated alkanes) is 4. The van der Waals surface area contributed by atoms with E-state index in [1.54, 1.807) is 12.1 Å². The van der Waals surface area contributed by atoms with Crippen LogP contribution in [0.5, 0.6) is 11.5 Å². The van der Waals surface area contributed by atoms with Crippen molar-refractivity contribution in [1.29, 1.82) is 0 Å². The van der Waals surface area contributed by atoms with E-state index >= 15 is 0 Å². The second-order valence-electron chi connectivity index (χ2n) is 11.8. The van der Waals surface area contributed by atoms with Crippen molar-refractivity contribution >= 4 is 11.8 Å². The molecule has 0 bridgehead atoms. The molecule has 0 aliphatic heterocycles. The third kappa shape index (κ3) is 14.5. The van der Waals surface area contributed by atoms with E-state index < -0.39 is 0 Å². The molecule has 6 nitrogen and oxygen atoms in total. The molecule has 247 valence electrons. The summed E-state index contributed by atoms with van der Waals surface area (Å²) in [6.07, 6.45) is 9.61. The van der Waals surface area contributed by atoms with Gasteiger partial charge in [-0.3, -0.25) is 0 Å². The molecule has 0 amide bonds. The standard InChI is InChI=1S/C28H42O2S.3C2H5O.H3N.Ni/c1-7-9-11-17-27(3,4)21-13-15-23(29)25(19-21)31-26-20-22(14-16-24(26)30)28(5,6)18-12-10-8-2;3*1-2-3;;/h13-16,19-20,29-30H,7-12,17-18H2,1-6H3;3*3H,1-2H2;1H3;. The van der Waals surface area contributed by atoms with Crippen LogP contribution in [0.25, 0.3) is 0 Å². The Bertz CT molecular complexity index is 918. The Labute approximate surface area is 264 Å². The number of aliphatic hydroxyl groups excluding tert-OH is 3. The molecule has 0 heterocycles. The van der Waals surface area contributed by atoms with Crippen molar-refractivity contribution in [1.82, 2.24) is 6.15 Å². The van der Waals surface area contributed by atoms with E-state index in [0.29, 0.717) is 0 Å². The van der Waals surface area contributed by atoms with Crippen LogP contribution in [-0.4, -0.2) is 45.4 Å². The molecule has 8 N–H and O–H groups in total. The third-order valence-corrected chi connectivity index (χ3v) is 11.2. The zero-order valence-electron chi connectivity index (χ0n) is 27.0. The van der Waals surface area contributed by atoms with Gasteiger partial charge in [-0.1, -0.05) is 104 Å². The topological polar surface area (TPSA) is 136 Å². The molecule has 0 unspecified atom stereocenters. The van der Waals surface area contributed by atoms with Gasteiger partial charge in [0.15, 0.2) is 0 Å². The summed E-state index contributed by atoms with van der Waals surface area (Å²) in [4.78, 5) is 1.61. The fourth-order valence-electron chi connectivity index (χ4n) is 4.61. The van der Waals surface area contributed by atoms with E-state index in [-0.39, 0.29) is 61.7 Å². The molecule has 0 saturated carbocycles. The number of hydrogen-bond acceptors (Lipinski definition) is 7. The van der Waals surface area contributed by atoms with Crippen molar-refractivity contribution in [2.45, 2.75) is 130 Å². The Balaban J connectivity index is 0.00000131. The number of aliphatic hydroxyl groups is 3. The fraction of sp³-hybridized carbons (Fsp3) is 0.647. The summed E-state index contributed by atoms with van der Waals surface area (Å²) in [6.45, 7) is 14.1. The van der Waals surface area contributed by atoms with Crippen molar-refractivity contribution in [2.75, 3.05) is 19.8 Å². The monoisotopic (exact) mass is 652 g/mol. The van der Waals surface area contributed by atoms with Gasteiger partial charge in [-0.05, 0) is 59.1 Å². The molecular formula is C34H60NNiO5S. The van der Waals surface area contributed by atoms with Crippen molar-refractivity contribution < 1.29 is 38.9 Å². The van der Waals surface area contributed by atoms with Gasteiger partial charge < -0.3 is 16.4 Å². The van der Waals surface area contributed by atoms with Crippen LogP contribution < -0.4 is 6.15 Å². The number of phenolic OH excluding ortho intramolecular Hbond substituents is 2. The Morgan fingerprint density at radius 2 is 0.976 bits per heavy atom. The predicted molar refractivity (Wildman–Crippen MR) is 175 cm³/mol. The quantitative estimate of drug-likeness (QED) is 0.0698. The molecule has 2 rings (SSSR count). The van der Waals surface area contributed by atoms with Gasteiger partial charge in [0.2, 0.25) is 0 Å². The van der Waals surface area contributed by atoms with Crippen LogP contribution in [-0.2, 0) is 24.2 Å². The van der Waals surface area contributed by atoms with Crippen LogP contribution in [0, 0.1) is 0 Å². The van der Waals surface area contributed by atoms with E-state index in [9.17, 15) is 10.2 Å². The summed E-state index contributed by atoms with van der Waals surface area (Å²) >= 11 is 1.36. The molecular weight excluding hydrogens is 593 g/mol. The van der Waals surface area contributed by atoms with Gasteiger partial charge in [0.05, 0.1) is 9.79 Å². The van der Waals surface area contributed by atoms with Crippen molar-refractivity contribution in [3.05, 3.63) is 47.5 Å². The molecule has 0 saturated heterocycles. The molecule has 2 aromatic rings. The SMILES string of the molecule is CCCCCC(C)(C)c1ccc(O)c(Sc2cc(C(C)(C)CCCCC)ccc2O)c1.N.OC[CH2][Ni]([CH2]CO)[CH2]CO. The first kappa shape index (κ1) is 40.7. The average Bonchev–Trinajstić information content (AvgIpc) is 2.92. The predicted octanol–water partition coefficient (Wildman–Crippen LogP) is 8.96. The summed E-state index contributed by atoms with van der Waals surface area (Å²) in [5.74, 6) is 0.537. The molecule has 0 spiro atoms. The molecule has 0 aliphatic carbocycles. The van der Waals surface area contributed by atoms with Gasteiger partial charge in [0.25, 0.3) is 0 Å². The summed E-state index contributed by atoms with van der Waals surface area (Å²) in [5, 5.41) is 48.9. The van der Waals surface area contributed by atoms with E-state index in [2.05, 4.69) is 53.7 Å². The molecule has 0 fully saturated rings. The number of benzene rings is 2. The number of phenols is 2. The molecule has 8 heteroatoms. The Morgan fingerprint density at radius 1 is 0.619 bits per heavy atom. The second kappa shape index (κ2) is 21.4. The zero-order valence-corrected chi connectivity index (χ0v) is 28.8. The molecule has 0 atom stereocenters. The number of aromatic hydroxyl groups is 2. The maximum absolute atomic E-state index is 10.5. The first-order valence-corrected chi connectivity index (χ1v) is 18.0. The minimum atomic E-state index is -0.101. The fourth-order valence-corrected chi connectivity index (χ4v) is 7.24. The van der Waals surface area contributed by atoms with Gasteiger partial charge in [-0.2, -0.15) is 0 Å². The van der Waals surface area contributed by atoms with Crippen molar-refractivity contribution in [3.8, 4) is 11.5 Å². The van der Waals surface area contributed by atoms with E-state index in [4.69, 9.17) is 15.3 Å². The molecule has 2 aromatic carbocycles. The molecule has 42 heavy (non-hydrogen) atoms. The van der Waals surface area contributed by atoms with E-state index in [0.717, 1.165) is 38.8 Å². The van der Waals surface area contributed by atoms with Crippen LogP contribution in [0.2, 0.25) is 16.2 Å². The molecule has 0 radical (unpaired) electrons. The van der Waals surface area contributed by atoms with Crippen LogP contribution in [0.4, 0.5) is 0 Å². The second-order valence-corrected chi connectivity index (χ2v) is 15.8. The maximum atomic E-state index is 10.5. The van der Waals surface area contributed by atoms with E-state index in [1.165, 1.54) is 61.4 Å². The number of hydrogen-bond donors (Lipinski definition) is 6. The third-order valence-electron chi connectivity index (χ3n) is 7.40. The summed E-state index contributed by atoms with van der Waals surface area (Å²) in [5.41, 5.74) is 2.59. The Hall–Kier alpha value is -1.28. The van der Waals surface area contributed by atoms with Gasteiger partial charge in [-0.15, -0.1) is 0 Å². The van der Waals surface area contributed by atoms with Crippen molar-refractivity contribution in [3.63, 3.8) is 0 Å². The minimum absolute atomic E-state index is 0. The van der Waals surface area contributed by atoms with Gasteiger partial charge in [-0.25, -0.2) is 0 Å². The zero-order chi connectivity index (χ0) is 30.9. The van der Waals surface area contributed by atoms with Crippen LogP contribution in [0.15, 0.2) is 46.2 Å². The van der Waals surface area contributed by atoms with Crippen LogP contribution in [0.1, 0.15) is 104 Å². The van der Waals surface area contributed by atoms with Crippen LogP contribution >= 0.6 is 11.8 Å². The average molecular weight is 654 g/mol. The van der Waals surface area contributed by atoms with Gasteiger partial charge in [0.1, 0.15) is 11.5 Å². The van der Waals surface area contributed by atoms with Gasteiger partial charge in [0, 0.05) is 0 Å². The summed E-state index contributed by atoms with van der Waals surface area (Å²) in [6, 6.07) is 11.9. The first-order valence-electron chi connectivity index (χ1n) is 15.1. The van der Waals surface area contributed by atoms with Crippen molar-refractivity contribution in [2.24, 2.45) is 0 Å². The number of rotatable bonds is 18. The van der Waals surface area contributed by atoms with Crippen LogP contribution in [0.3, 0.4) is 0 Å².